The van der Waals surface area contributed by atoms with E-state index in [1.807, 2.05) is 36.4 Å². The van der Waals surface area contributed by atoms with Gasteiger partial charge in [-0.05, 0) is 24.3 Å². The first-order valence-electron chi connectivity index (χ1n) is 4.98. The zero-order valence-corrected chi connectivity index (χ0v) is 9.20. The number of pyridine rings is 1. The molecule has 16 heavy (non-hydrogen) atoms. The highest BCUT2D eigenvalue weighted by Gasteiger charge is 2.02. The molecule has 3 heteroatoms. The van der Waals surface area contributed by atoms with Gasteiger partial charge < -0.3 is 5.73 Å². The zero-order valence-electron chi connectivity index (χ0n) is 8.44. The van der Waals surface area contributed by atoms with Crippen LogP contribution in [0.15, 0.2) is 42.5 Å². The molecule has 3 aromatic rings. The van der Waals surface area contributed by atoms with E-state index >= 15 is 0 Å². The van der Waals surface area contributed by atoms with Crippen LogP contribution < -0.4 is 5.73 Å². The molecular weight excluding hydrogens is 220 g/mol. The van der Waals surface area contributed by atoms with E-state index in [0.717, 1.165) is 21.8 Å². The van der Waals surface area contributed by atoms with Gasteiger partial charge in [0.25, 0.3) is 0 Å². The molecular formula is C13H9ClN2. The lowest BCUT2D eigenvalue weighted by molar-refractivity contribution is 1.50. The Morgan fingerprint density at radius 1 is 1.00 bits per heavy atom. The molecule has 2 N–H and O–H groups in total. The number of rotatable bonds is 0. The molecule has 0 aliphatic carbocycles. The molecule has 0 saturated heterocycles. The molecule has 0 amide bonds. The number of halogens is 1. The highest BCUT2D eigenvalue weighted by atomic mass is 35.5. The number of aromatic nitrogens is 1. The van der Waals surface area contributed by atoms with E-state index < -0.39 is 0 Å². The van der Waals surface area contributed by atoms with Crippen LogP contribution in [0.1, 0.15) is 0 Å². The fraction of sp³-hybridized carbons (Fsp3) is 0. The maximum absolute atomic E-state index is 6.10. The topological polar surface area (TPSA) is 38.9 Å². The molecule has 0 bridgehead atoms. The zero-order chi connectivity index (χ0) is 11.1. The van der Waals surface area contributed by atoms with Crippen molar-refractivity contribution >= 4 is 39.1 Å². The van der Waals surface area contributed by atoms with Crippen molar-refractivity contribution in [2.45, 2.75) is 0 Å². The summed E-state index contributed by atoms with van der Waals surface area (Å²) < 4.78 is 0. The summed E-state index contributed by atoms with van der Waals surface area (Å²) in [5.74, 6) is 0. The molecule has 78 valence electrons. The lowest BCUT2D eigenvalue weighted by atomic mass is 10.1. The summed E-state index contributed by atoms with van der Waals surface area (Å²) in [6.07, 6.45) is 0. The van der Waals surface area contributed by atoms with Crippen LogP contribution in [0, 0.1) is 0 Å². The van der Waals surface area contributed by atoms with Crippen molar-refractivity contribution in [3.05, 3.63) is 47.5 Å². The first-order valence-corrected chi connectivity index (χ1v) is 5.36. The van der Waals surface area contributed by atoms with E-state index in [1.54, 1.807) is 0 Å². The van der Waals surface area contributed by atoms with Crippen molar-refractivity contribution in [1.82, 2.24) is 4.98 Å². The second kappa shape index (κ2) is 3.35. The number of anilines is 1. The quantitative estimate of drug-likeness (QED) is 0.472. The van der Waals surface area contributed by atoms with Gasteiger partial charge in [0.15, 0.2) is 0 Å². The molecule has 2 nitrogen and oxygen atoms in total. The predicted molar refractivity (Wildman–Crippen MR) is 68.7 cm³/mol. The van der Waals surface area contributed by atoms with E-state index in [0.29, 0.717) is 10.7 Å². The molecule has 0 aliphatic heterocycles. The minimum atomic E-state index is 0.668. The number of hydrogen-bond acceptors (Lipinski definition) is 2. The van der Waals surface area contributed by atoms with E-state index in [4.69, 9.17) is 17.3 Å². The number of fused-ring (bicyclic) bond motifs is 2. The summed E-state index contributed by atoms with van der Waals surface area (Å²) in [5, 5.41) is 2.79. The molecule has 0 aliphatic rings. The summed E-state index contributed by atoms with van der Waals surface area (Å²) in [6, 6.07) is 13.5. The van der Waals surface area contributed by atoms with Crippen molar-refractivity contribution < 1.29 is 0 Å². The van der Waals surface area contributed by atoms with Crippen molar-refractivity contribution in [2.75, 3.05) is 5.73 Å². The van der Waals surface area contributed by atoms with Gasteiger partial charge in [0, 0.05) is 16.5 Å². The van der Waals surface area contributed by atoms with Crippen LogP contribution in [0.3, 0.4) is 0 Å². The first-order chi connectivity index (χ1) is 7.74. The lowest BCUT2D eigenvalue weighted by Gasteiger charge is -2.03. The van der Waals surface area contributed by atoms with Crippen LogP contribution in [0.4, 0.5) is 5.69 Å². The van der Waals surface area contributed by atoms with E-state index in [9.17, 15) is 0 Å². The average Bonchev–Trinajstić information content (AvgIpc) is 2.28. The minimum Gasteiger partial charge on any atom is -0.399 e. The normalized spacial score (nSPS) is 11.1. The molecule has 1 aromatic heterocycles. The van der Waals surface area contributed by atoms with Crippen molar-refractivity contribution in [2.24, 2.45) is 0 Å². The fourth-order valence-corrected chi connectivity index (χ4v) is 2.06. The van der Waals surface area contributed by atoms with Gasteiger partial charge in [-0.3, -0.25) is 0 Å². The Balaban J connectivity index is 2.49. The van der Waals surface area contributed by atoms with Crippen molar-refractivity contribution in [1.29, 1.82) is 0 Å². The molecule has 0 saturated carbocycles. The third-order valence-electron chi connectivity index (χ3n) is 2.62. The van der Waals surface area contributed by atoms with Crippen molar-refractivity contribution in [3.8, 4) is 0 Å². The van der Waals surface area contributed by atoms with Crippen molar-refractivity contribution in [3.63, 3.8) is 0 Å². The van der Waals surface area contributed by atoms with Gasteiger partial charge in [-0.15, -0.1) is 0 Å². The summed E-state index contributed by atoms with van der Waals surface area (Å²) >= 11 is 6.10. The van der Waals surface area contributed by atoms with Crippen LogP contribution in [0.25, 0.3) is 21.8 Å². The molecule has 0 atom stereocenters. The lowest BCUT2D eigenvalue weighted by Crippen LogP contribution is -1.87. The monoisotopic (exact) mass is 228 g/mol. The second-order valence-electron chi connectivity index (χ2n) is 3.75. The second-order valence-corrected chi connectivity index (χ2v) is 4.16. The van der Waals surface area contributed by atoms with E-state index in [2.05, 4.69) is 11.1 Å². The Morgan fingerprint density at radius 3 is 2.75 bits per heavy atom. The smallest absolute Gasteiger partial charge is 0.0895 e. The van der Waals surface area contributed by atoms with E-state index in [-0.39, 0.29) is 0 Å². The summed E-state index contributed by atoms with van der Waals surface area (Å²) in [6.45, 7) is 0. The van der Waals surface area contributed by atoms with Crippen LogP contribution in [0.5, 0.6) is 0 Å². The molecule has 2 aromatic carbocycles. The number of para-hydroxylation sites is 1. The Labute approximate surface area is 97.7 Å². The highest BCUT2D eigenvalue weighted by molar-refractivity contribution is 6.35. The molecule has 3 rings (SSSR count). The SMILES string of the molecule is Nc1ccc2cc3cccc(Cl)c3nc2c1. The minimum absolute atomic E-state index is 0.668. The van der Waals surface area contributed by atoms with Gasteiger partial charge in [-0.25, -0.2) is 4.98 Å². The molecule has 1 heterocycles. The summed E-state index contributed by atoms with van der Waals surface area (Å²) in [4.78, 5) is 4.53. The average molecular weight is 229 g/mol. The Kier molecular flexibility index (Phi) is 1.98. The summed E-state index contributed by atoms with van der Waals surface area (Å²) in [5.41, 5.74) is 8.14. The first kappa shape index (κ1) is 9.43. The van der Waals surface area contributed by atoms with E-state index in [1.165, 1.54) is 0 Å². The van der Waals surface area contributed by atoms with Gasteiger partial charge in [0.05, 0.1) is 16.1 Å². The molecule has 0 radical (unpaired) electrons. The largest absolute Gasteiger partial charge is 0.399 e. The third kappa shape index (κ3) is 1.39. The number of hydrogen-bond donors (Lipinski definition) is 1. The third-order valence-corrected chi connectivity index (χ3v) is 2.92. The van der Waals surface area contributed by atoms with Gasteiger partial charge in [-0.1, -0.05) is 29.8 Å². The highest BCUT2D eigenvalue weighted by Crippen LogP contribution is 2.26. The van der Waals surface area contributed by atoms with Gasteiger partial charge in [0.1, 0.15) is 0 Å². The molecule has 0 fully saturated rings. The van der Waals surface area contributed by atoms with Gasteiger partial charge in [0.2, 0.25) is 0 Å². The van der Waals surface area contributed by atoms with Gasteiger partial charge in [-0.2, -0.15) is 0 Å². The Bertz CT molecular complexity index is 692. The van der Waals surface area contributed by atoms with Crippen LogP contribution >= 0.6 is 11.6 Å². The maximum atomic E-state index is 6.10. The standard InChI is InChI=1S/C13H9ClN2/c14-11-3-1-2-9-6-8-4-5-10(15)7-12(8)16-13(9)11/h1-7H,15H2. The maximum Gasteiger partial charge on any atom is 0.0895 e. The number of benzene rings is 2. The number of nitrogens with zero attached hydrogens (tertiary/aromatic N) is 1. The van der Waals surface area contributed by atoms with Crippen LogP contribution in [0.2, 0.25) is 5.02 Å². The fourth-order valence-electron chi connectivity index (χ4n) is 1.83. The molecule has 0 unspecified atom stereocenters. The van der Waals surface area contributed by atoms with Gasteiger partial charge >= 0.3 is 0 Å². The van der Waals surface area contributed by atoms with Crippen LogP contribution in [-0.4, -0.2) is 4.98 Å². The number of nitrogens with two attached hydrogens (primary N) is 1. The number of nitrogen functional groups attached to an aromatic ring is 1. The predicted octanol–water partition coefficient (Wildman–Crippen LogP) is 3.62. The Hall–Kier alpha value is -1.80. The molecule has 0 spiro atoms. The van der Waals surface area contributed by atoms with Crippen LogP contribution in [-0.2, 0) is 0 Å². The summed E-state index contributed by atoms with van der Waals surface area (Å²) in [7, 11) is 0. The Morgan fingerprint density at radius 2 is 1.88 bits per heavy atom.